The highest BCUT2D eigenvalue weighted by atomic mass is 32.1. The van der Waals surface area contributed by atoms with Crippen LogP contribution in [-0.2, 0) is 14.3 Å². The SMILES string of the molecule is C=CC[C@H]1C(=O)C(C)(C)[C@H](O)CC(=O)O[C@H](/C(F)=C/c2csc(C)n2)C/C=C(/C)CCC[C@@H](C)[C@@H]1O. The minimum absolute atomic E-state index is 0.140. The van der Waals surface area contributed by atoms with Gasteiger partial charge in [0.1, 0.15) is 11.6 Å². The number of aliphatic hydroxyl groups is 2. The maximum atomic E-state index is 15.2. The summed E-state index contributed by atoms with van der Waals surface area (Å²) in [6.07, 6.45) is 3.41. The first kappa shape index (κ1) is 30.1. The number of ether oxygens (including phenoxy) is 1. The molecule has 1 aromatic rings. The number of carbonyl (C=O) groups is 2. The lowest BCUT2D eigenvalue weighted by Gasteiger charge is -2.35. The summed E-state index contributed by atoms with van der Waals surface area (Å²) in [7, 11) is 0. The van der Waals surface area contributed by atoms with Crippen molar-refractivity contribution in [3.63, 3.8) is 0 Å². The van der Waals surface area contributed by atoms with Crippen molar-refractivity contribution in [2.75, 3.05) is 0 Å². The Kier molecular flexibility index (Phi) is 11.2. The molecule has 0 unspecified atom stereocenters. The van der Waals surface area contributed by atoms with E-state index in [2.05, 4.69) is 11.6 Å². The molecule has 200 valence electrons. The number of halogens is 1. The second-order valence-corrected chi connectivity index (χ2v) is 11.4. The molecule has 2 rings (SSSR count). The number of hydrogen-bond donors (Lipinski definition) is 2. The van der Waals surface area contributed by atoms with Crippen LogP contribution in [0.5, 0.6) is 0 Å². The van der Waals surface area contributed by atoms with Crippen LogP contribution in [0.1, 0.15) is 76.9 Å². The summed E-state index contributed by atoms with van der Waals surface area (Å²) >= 11 is 1.39. The molecule has 0 fully saturated rings. The highest BCUT2D eigenvalue weighted by molar-refractivity contribution is 7.09. The Morgan fingerprint density at radius 1 is 1.33 bits per heavy atom. The Bertz CT molecular complexity index is 982. The first-order valence-corrected chi connectivity index (χ1v) is 13.4. The lowest BCUT2D eigenvalue weighted by Crippen LogP contribution is -2.46. The summed E-state index contributed by atoms with van der Waals surface area (Å²) in [5.74, 6) is -2.68. The number of aryl methyl sites for hydroxylation is 1. The molecule has 1 aromatic heterocycles. The van der Waals surface area contributed by atoms with Crippen molar-refractivity contribution in [1.82, 2.24) is 4.98 Å². The second-order valence-electron chi connectivity index (χ2n) is 10.4. The highest BCUT2D eigenvalue weighted by Crippen LogP contribution is 2.34. The van der Waals surface area contributed by atoms with Crippen LogP contribution in [0.25, 0.3) is 6.08 Å². The van der Waals surface area contributed by atoms with Crippen LogP contribution in [0.3, 0.4) is 0 Å². The molecular formula is C28H40FNO5S. The molecular weight excluding hydrogens is 481 g/mol. The fourth-order valence-corrected chi connectivity index (χ4v) is 4.99. The Morgan fingerprint density at radius 2 is 2.03 bits per heavy atom. The Labute approximate surface area is 218 Å². The summed E-state index contributed by atoms with van der Waals surface area (Å²) in [5, 5.41) is 24.4. The smallest absolute Gasteiger partial charge is 0.309 e. The van der Waals surface area contributed by atoms with Crippen LogP contribution in [0.4, 0.5) is 4.39 Å². The van der Waals surface area contributed by atoms with Gasteiger partial charge in [0, 0.05) is 23.8 Å². The van der Waals surface area contributed by atoms with Crippen molar-refractivity contribution in [3.05, 3.63) is 46.2 Å². The van der Waals surface area contributed by atoms with Crippen molar-refractivity contribution in [2.45, 2.75) is 91.5 Å². The van der Waals surface area contributed by atoms with Gasteiger partial charge in [0.05, 0.1) is 34.7 Å². The molecule has 0 saturated heterocycles. The first-order chi connectivity index (χ1) is 16.9. The van der Waals surface area contributed by atoms with Crippen LogP contribution < -0.4 is 0 Å². The van der Waals surface area contributed by atoms with Gasteiger partial charge in [-0.25, -0.2) is 9.37 Å². The molecule has 0 spiro atoms. The molecule has 0 saturated carbocycles. The molecule has 8 heteroatoms. The fourth-order valence-electron chi connectivity index (χ4n) is 4.42. The van der Waals surface area contributed by atoms with Crippen molar-refractivity contribution in [3.8, 4) is 0 Å². The van der Waals surface area contributed by atoms with E-state index in [4.69, 9.17) is 4.74 Å². The number of ketones is 1. The van der Waals surface area contributed by atoms with Gasteiger partial charge in [-0.3, -0.25) is 9.59 Å². The quantitative estimate of drug-likeness (QED) is 0.388. The van der Waals surface area contributed by atoms with Gasteiger partial charge in [0.2, 0.25) is 0 Å². The summed E-state index contributed by atoms with van der Waals surface area (Å²) < 4.78 is 20.6. The average molecular weight is 522 g/mol. The Morgan fingerprint density at radius 3 is 2.64 bits per heavy atom. The number of Topliss-reactive ketones (excluding diaryl/α,β-unsaturated/α-hetero) is 1. The topological polar surface area (TPSA) is 96.7 Å². The largest absolute Gasteiger partial charge is 0.455 e. The standard InChI is InChI=1S/C28H40FNO5S/c1-7-9-21-26(33)18(3)11-8-10-17(2)12-13-23(22(29)14-20-16-36-19(4)30-20)35-25(32)15-24(31)28(5,6)27(21)34/h7,12,14,16,18,21,23-24,26,31,33H,1,8-11,13,15H2,2-6H3/b17-12-,22-14-/t18-,21-,23+,24-,26+/m1/s1. The van der Waals surface area contributed by atoms with E-state index in [0.717, 1.165) is 23.4 Å². The minimum Gasteiger partial charge on any atom is -0.455 e. The number of cyclic esters (lactones) is 1. The Hall–Kier alpha value is -2.16. The van der Waals surface area contributed by atoms with Crippen molar-refractivity contribution in [2.24, 2.45) is 17.3 Å². The predicted molar refractivity (Wildman–Crippen MR) is 141 cm³/mol. The van der Waals surface area contributed by atoms with Crippen molar-refractivity contribution < 1.29 is 28.9 Å². The summed E-state index contributed by atoms with van der Waals surface area (Å²) in [5.41, 5.74) is 0.136. The molecule has 0 aliphatic carbocycles. The molecule has 0 amide bonds. The molecule has 1 aliphatic heterocycles. The molecule has 1 aliphatic rings. The molecule has 0 aromatic carbocycles. The number of nitrogens with zero attached hydrogens (tertiary/aromatic N) is 1. The van der Waals surface area contributed by atoms with E-state index >= 15 is 4.39 Å². The van der Waals surface area contributed by atoms with Crippen LogP contribution in [-0.4, -0.2) is 45.3 Å². The second kappa shape index (κ2) is 13.4. The third-order valence-corrected chi connectivity index (χ3v) is 7.79. The van der Waals surface area contributed by atoms with Gasteiger partial charge in [0.25, 0.3) is 0 Å². The van der Waals surface area contributed by atoms with E-state index < -0.39 is 47.9 Å². The van der Waals surface area contributed by atoms with Gasteiger partial charge < -0.3 is 14.9 Å². The van der Waals surface area contributed by atoms with E-state index in [0.29, 0.717) is 12.1 Å². The molecule has 2 heterocycles. The zero-order valence-corrected chi connectivity index (χ0v) is 22.8. The number of esters is 1. The molecule has 0 radical (unpaired) electrons. The van der Waals surface area contributed by atoms with Gasteiger partial charge >= 0.3 is 5.97 Å². The number of rotatable bonds is 4. The van der Waals surface area contributed by atoms with E-state index in [-0.39, 0.29) is 24.5 Å². The van der Waals surface area contributed by atoms with Crippen molar-refractivity contribution >= 4 is 29.2 Å². The maximum Gasteiger partial charge on any atom is 0.309 e. The number of thiazole rings is 1. The molecule has 6 nitrogen and oxygen atoms in total. The number of aromatic nitrogens is 1. The van der Waals surface area contributed by atoms with E-state index in [1.54, 1.807) is 25.3 Å². The van der Waals surface area contributed by atoms with Gasteiger partial charge in [-0.1, -0.05) is 38.5 Å². The number of allylic oxidation sites excluding steroid dienone is 2. The summed E-state index contributed by atoms with van der Waals surface area (Å²) in [4.78, 5) is 30.5. The lowest BCUT2D eigenvalue weighted by atomic mass is 9.71. The van der Waals surface area contributed by atoms with Crippen LogP contribution in [0.15, 0.2) is 35.5 Å². The monoisotopic (exact) mass is 521 g/mol. The van der Waals surface area contributed by atoms with Gasteiger partial charge in [0.15, 0.2) is 6.10 Å². The van der Waals surface area contributed by atoms with Gasteiger partial charge in [-0.2, -0.15) is 0 Å². The number of carbonyl (C=O) groups excluding carboxylic acids is 2. The van der Waals surface area contributed by atoms with E-state index in [1.165, 1.54) is 17.4 Å². The lowest BCUT2D eigenvalue weighted by molar-refractivity contribution is -0.154. The zero-order chi connectivity index (χ0) is 27.0. The predicted octanol–water partition coefficient (Wildman–Crippen LogP) is 5.73. The van der Waals surface area contributed by atoms with E-state index in [9.17, 15) is 19.8 Å². The van der Waals surface area contributed by atoms with Crippen LogP contribution >= 0.6 is 11.3 Å². The minimum atomic E-state index is -1.37. The van der Waals surface area contributed by atoms with E-state index in [1.807, 2.05) is 26.8 Å². The van der Waals surface area contributed by atoms with Crippen LogP contribution in [0.2, 0.25) is 0 Å². The normalized spacial score (nSPS) is 30.8. The summed E-state index contributed by atoms with van der Waals surface area (Å²) in [6, 6.07) is 0. The molecule has 36 heavy (non-hydrogen) atoms. The highest BCUT2D eigenvalue weighted by Gasteiger charge is 2.43. The molecule has 2 N–H and O–H groups in total. The third kappa shape index (κ3) is 8.18. The summed E-state index contributed by atoms with van der Waals surface area (Å²) in [6.45, 7) is 12.5. The van der Waals surface area contributed by atoms with Crippen LogP contribution in [0, 0.1) is 24.2 Å². The van der Waals surface area contributed by atoms with Gasteiger partial charge in [-0.15, -0.1) is 17.9 Å². The third-order valence-electron chi connectivity index (χ3n) is 7.00. The first-order valence-electron chi connectivity index (χ1n) is 12.5. The average Bonchev–Trinajstić information content (AvgIpc) is 3.22. The zero-order valence-electron chi connectivity index (χ0n) is 22.0. The molecule has 5 atom stereocenters. The fraction of sp³-hybridized carbons (Fsp3) is 0.607. The number of hydrogen-bond acceptors (Lipinski definition) is 7. The molecule has 0 bridgehead atoms. The maximum absolute atomic E-state index is 15.2. The van der Waals surface area contributed by atoms with Gasteiger partial charge in [-0.05, 0) is 45.4 Å². The number of aliphatic hydroxyl groups excluding tert-OH is 2. The van der Waals surface area contributed by atoms with Crippen molar-refractivity contribution in [1.29, 1.82) is 0 Å². The Balaban J connectivity index is 2.37.